The van der Waals surface area contributed by atoms with Crippen molar-refractivity contribution in [3.05, 3.63) is 47.6 Å². The molecule has 2 N–H and O–H groups in total. The van der Waals surface area contributed by atoms with E-state index in [9.17, 15) is 0 Å². The summed E-state index contributed by atoms with van der Waals surface area (Å²) >= 11 is 0. The van der Waals surface area contributed by atoms with Gasteiger partial charge in [0.15, 0.2) is 5.82 Å². The second-order valence-corrected chi connectivity index (χ2v) is 5.60. The Labute approximate surface area is 119 Å². The summed E-state index contributed by atoms with van der Waals surface area (Å²) in [4.78, 5) is 4.59. The molecule has 3 rings (SSSR count). The highest BCUT2D eigenvalue weighted by molar-refractivity contribution is 5.18. The van der Waals surface area contributed by atoms with Gasteiger partial charge in [-0.3, -0.25) is 0 Å². The summed E-state index contributed by atoms with van der Waals surface area (Å²) in [6.07, 6.45) is 5.53. The van der Waals surface area contributed by atoms with Gasteiger partial charge in [-0.1, -0.05) is 48.3 Å². The molecule has 1 aliphatic carbocycles. The molecule has 2 atom stereocenters. The summed E-state index contributed by atoms with van der Waals surface area (Å²) < 4.78 is 5.49. The van der Waals surface area contributed by atoms with Crippen molar-refractivity contribution < 1.29 is 4.52 Å². The van der Waals surface area contributed by atoms with Crippen LogP contribution >= 0.6 is 0 Å². The van der Waals surface area contributed by atoms with Crippen LogP contribution in [0.3, 0.4) is 0 Å². The fourth-order valence-electron chi connectivity index (χ4n) is 3.08. The van der Waals surface area contributed by atoms with E-state index in [4.69, 9.17) is 10.3 Å². The largest absolute Gasteiger partial charge is 0.339 e. The predicted octanol–water partition coefficient (Wildman–Crippen LogP) is 2.89. The molecule has 4 nitrogen and oxygen atoms in total. The summed E-state index contributed by atoms with van der Waals surface area (Å²) in [5.74, 6) is 2.40. The van der Waals surface area contributed by atoms with Gasteiger partial charge in [0, 0.05) is 12.3 Å². The van der Waals surface area contributed by atoms with Gasteiger partial charge in [0.05, 0.1) is 0 Å². The number of benzene rings is 1. The van der Waals surface area contributed by atoms with E-state index in [1.54, 1.807) is 0 Å². The van der Waals surface area contributed by atoms with Crippen LogP contribution < -0.4 is 5.73 Å². The lowest BCUT2D eigenvalue weighted by atomic mass is 9.79. The Kier molecular flexibility index (Phi) is 4.11. The Balaban J connectivity index is 1.73. The first-order valence-corrected chi connectivity index (χ1v) is 7.43. The van der Waals surface area contributed by atoms with Crippen molar-refractivity contribution in [1.29, 1.82) is 0 Å². The third-order valence-electron chi connectivity index (χ3n) is 4.22. The maximum absolute atomic E-state index is 5.87. The summed E-state index contributed by atoms with van der Waals surface area (Å²) in [6, 6.07) is 10.2. The van der Waals surface area contributed by atoms with E-state index in [-0.39, 0.29) is 0 Å². The molecule has 106 valence electrons. The van der Waals surface area contributed by atoms with Crippen molar-refractivity contribution in [2.75, 3.05) is 6.54 Å². The molecule has 0 bridgehead atoms. The highest BCUT2D eigenvalue weighted by Gasteiger charge is 2.29. The molecule has 2 unspecified atom stereocenters. The lowest BCUT2D eigenvalue weighted by Crippen LogP contribution is -2.25. The van der Waals surface area contributed by atoms with Gasteiger partial charge in [0.1, 0.15) is 0 Å². The first-order valence-electron chi connectivity index (χ1n) is 7.43. The maximum atomic E-state index is 5.87. The number of nitrogens with two attached hydrogens (primary N) is 1. The molecule has 1 fully saturated rings. The highest BCUT2D eigenvalue weighted by Crippen LogP contribution is 2.36. The lowest BCUT2D eigenvalue weighted by molar-refractivity contribution is 0.249. The highest BCUT2D eigenvalue weighted by atomic mass is 16.5. The molecule has 1 aromatic carbocycles. The van der Waals surface area contributed by atoms with E-state index in [1.807, 2.05) is 18.2 Å². The van der Waals surface area contributed by atoms with Crippen molar-refractivity contribution in [3.8, 4) is 0 Å². The molecule has 20 heavy (non-hydrogen) atoms. The third kappa shape index (κ3) is 2.90. The van der Waals surface area contributed by atoms with Gasteiger partial charge in [0.2, 0.25) is 5.89 Å². The standard InChI is InChI=1S/C16H21N3O/c17-11-13-8-4-5-9-14(13)16-18-15(19-20-16)10-12-6-2-1-3-7-12/h1-3,6-7,13-14H,4-5,8-11,17H2. The second-order valence-electron chi connectivity index (χ2n) is 5.60. The van der Waals surface area contributed by atoms with Crippen molar-refractivity contribution in [1.82, 2.24) is 10.1 Å². The zero-order valence-electron chi connectivity index (χ0n) is 11.7. The zero-order chi connectivity index (χ0) is 13.8. The lowest BCUT2D eigenvalue weighted by Gasteiger charge is -2.27. The van der Waals surface area contributed by atoms with E-state index >= 15 is 0 Å². The summed E-state index contributed by atoms with van der Waals surface area (Å²) in [7, 11) is 0. The van der Waals surface area contributed by atoms with Gasteiger partial charge < -0.3 is 10.3 Å². The van der Waals surface area contributed by atoms with Crippen molar-refractivity contribution in [3.63, 3.8) is 0 Å². The smallest absolute Gasteiger partial charge is 0.230 e. The van der Waals surface area contributed by atoms with Crippen LogP contribution in [0.15, 0.2) is 34.9 Å². The molecular weight excluding hydrogens is 250 g/mol. The van der Waals surface area contributed by atoms with Crippen molar-refractivity contribution in [2.45, 2.75) is 38.0 Å². The minimum atomic E-state index is 0.353. The first-order chi connectivity index (χ1) is 9.86. The monoisotopic (exact) mass is 271 g/mol. The fraction of sp³-hybridized carbons (Fsp3) is 0.500. The topological polar surface area (TPSA) is 64.9 Å². The normalized spacial score (nSPS) is 22.9. The van der Waals surface area contributed by atoms with Crippen LogP contribution in [0.2, 0.25) is 0 Å². The van der Waals surface area contributed by atoms with Crippen LogP contribution in [0.1, 0.15) is 48.9 Å². The number of rotatable bonds is 4. The van der Waals surface area contributed by atoms with Gasteiger partial charge >= 0.3 is 0 Å². The number of hydrogen-bond donors (Lipinski definition) is 1. The number of hydrogen-bond acceptors (Lipinski definition) is 4. The molecule has 0 spiro atoms. The quantitative estimate of drug-likeness (QED) is 0.928. The third-order valence-corrected chi connectivity index (χ3v) is 4.22. The van der Waals surface area contributed by atoms with Crippen molar-refractivity contribution >= 4 is 0 Å². The van der Waals surface area contributed by atoms with E-state index in [0.717, 1.165) is 24.6 Å². The van der Waals surface area contributed by atoms with Crippen LogP contribution in [0.25, 0.3) is 0 Å². The van der Waals surface area contributed by atoms with Crippen LogP contribution in [0, 0.1) is 5.92 Å². The average molecular weight is 271 g/mol. The molecule has 1 saturated carbocycles. The molecule has 0 saturated heterocycles. The summed E-state index contributed by atoms with van der Waals surface area (Å²) in [5.41, 5.74) is 7.08. The Hall–Kier alpha value is -1.68. The van der Waals surface area contributed by atoms with Gasteiger partial charge in [-0.15, -0.1) is 0 Å². The SMILES string of the molecule is NCC1CCCCC1c1nc(Cc2ccccc2)no1. The number of aromatic nitrogens is 2. The Morgan fingerprint density at radius 2 is 1.95 bits per heavy atom. The number of nitrogens with zero attached hydrogens (tertiary/aromatic N) is 2. The molecule has 4 heteroatoms. The van der Waals surface area contributed by atoms with Crippen LogP contribution in [-0.4, -0.2) is 16.7 Å². The minimum absolute atomic E-state index is 0.353. The molecule has 1 aliphatic rings. The average Bonchev–Trinajstić information content (AvgIpc) is 2.96. The molecular formula is C16H21N3O. The van der Waals surface area contributed by atoms with E-state index in [1.165, 1.54) is 24.8 Å². The zero-order valence-corrected chi connectivity index (χ0v) is 11.7. The molecule has 1 aromatic heterocycles. The van der Waals surface area contributed by atoms with Gasteiger partial charge in [-0.25, -0.2) is 0 Å². The molecule has 0 radical (unpaired) electrons. The van der Waals surface area contributed by atoms with Gasteiger partial charge in [0.25, 0.3) is 0 Å². The second kappa shape index (κ2) is 6.18. The fourth-order valence-corrected chi connectivity index (χ4v) is 3.08. The van der Waals surface area contributed by atoms with E-state index in [2.05, 4.69) is 22.3 Å². The molecule has 0 amide bonds. The predicted molar refractivity (Wildman–Crippen MR) is 77.3 cm³/mol. The molecule has 0 aliphatic heterocycles. The van der Waals surface area contributed by atoms with E-state index in [0.29, 0.717) is 18.4 Å². The maximum Gasteiger partial charge on any atom is 0.230 e. The summed E-state index contributed by atoms with van der Waals surface area (Å²) in [6.45, 7) is 0.709. The van der Waals surface area contributed by atoms with Crippen LogP contribution in [0.5, 0.6) is 0 Å². The summed E-state index contributed by atoms with van der Waals surface area (Å²) in [5, 5.41) is 4.13. The Morgan fingerprint density at radius 3 is 2.75 bits per heavy atom. The molecule has 2 aromatic rings. The molecule has 1 heterocycles. The van der Waals surface area contributed by atoms with Crippen LogP contribution in [0.4, 0.5) is 0 Å². The van der Waals surface area contributed by atoms with Crippen molar-refractivity contribution in [2.24, 2.45) is 11.7 Å². The van der Waals surface area contributed by atoms with E-state index < -0.39 is 0 Å². The van der Waals surface area contributed by atoms with Crippen LogP contribution in [-0.2, 0) is 6.42 Å². The first kappa shape index (κ1) is 13.3. The minimum Gasteiger partial charge on any atom is -0.339 e. The van der Waals surface area contributed by atoms with Gasteiger partial charge in [-0.2, -0.15) is 4.98 Å². The van der Waals surface area contributed by atoms with Gasteiger partial charge in [-0.05, 0) is 30.9 Å². The Morgan fingerprint density at radius 1 is 1.15 bits per heavy atom. The Bertz CT molecular complexity index is 538.